The van der Waals surface area contributed by atoms with E-state index in [9.17, 15) is 5.11 Å². The van der Waals surface area contributed by atoms with Crippen LogP contribution in [-0.2, 0) is 0 Å². The van der Waals surface area contributed by atoms with Crippen LogP contribution < -0.4 is 0 Å². The van der Waals surface area contributed by atoms with Crippen LogP contribution in [0.15, 0.2) is 41.8 Å². The van der Waals surface area contributed by atoms with Gasteiger partial charge in [0.2, 0.25) is 0 Å². The lowest BCUT2D eigenvalue weighted by atomic mass is 10.0. The van der Waals surface area contributed by atoms with E-state index in [0.717, 1.165) is 15.8 Å². The first-order valence-corrected chi connectivity index (χ1v) is 5.37. The average Bonchev–Trinajstić information content (AvgIpc) is 2.63. The summed E-state index contributed by atoms with van der Waals surface area (Å²) in [4.78, 5) is 0. The zero-order chi connectivity index (χ0) is 10.1. The molecule has 0 saturated carbocycles. The third kappa shape index (κ3) is 1.47. The number of aliphatic hydroxyl groups excluding tert-OH is 1. The SMILES string of the molecule is C=C(C)C(O)c1cccc2ccsc12. The van der Waals surface area contributed by atoms with Gasteiger partial charge in [0.15, 0.2) is 0 Å². The van der Waals surface area contributed by atoms with E-state index < -0.39 is 6.10 Å². The van der Waals surface area contributed by atoms with Crippen LogP contribution in [0.3, 0.4) is 0 Å². The van der Waals surface area contributed by atoms with Crippen LogP contribution in [0.2, 0.25) is 0 Å². The van der Waals surface area contributed by atoms with Gasteiger partial charge in [0, 0.05) is 10.3 Å². The molecule has 0 spiro atoms. The normalized spacial score (nSPS) is 13.0. The van der Waals surface area contributed by atoms with Gasteiger partial charge in [0.05, 0.1) is 0 Å². The van der Waals surface area contributed by atoms with Crippen molar-refractivity contribution in [3.63, 3.8) is 0 Å². The summed E-state index contributed by atoms with van der Waals surface area (Å²) in [6.45, 7) is 5.62. The van der Waals surface area contributed by atoms with E-state index >= 15 is 0 Å². The summed E-state index contributed by atoms with van der Waals surface area (Å²) < 4.78 is 1.16. The third-order valence-electron chi connectivity index (χ3n) is 2.27. The molecule has 0 bridgehead atoms. The maximum absolute atomic E-state index is 9.92. The van der Waals surface area contributed by atoms with Gasteiger partial charge in [0.1, 0.15) is 6.10 Å². The summed E-state index contributed by atoms with van der Waals surface area (Å²) in [5.74, 6) is 0. The van der Waals surface area contributed by atoms with E-state index in [1.807, 2.05) is 24.4 Å². The largest absolute Gasteiger partial charge is 0.384 e. The predicted molar refractivity (Wildman–Crippen MR) is 61.6 cm³/mol. The molecule has 1 unspecified atom stereocenters. The van der Waals surface area contributed by atoms with Crippen molar-refractivity contribution in [3.8, 4) is 0 Å². The van der Waals surface area contributed by atoms with E-state index in [2.05, 4.69) is 18.7 Å². The summed E-state index contributed by atoms with van der Waals surface area (Å²) in [6.07, 6.45) is -0.544. The van der Waals surface area contributed by atoms with Crippen LogP contribution in [0.4, 0.5) is 0 Å². The third-order valence-corrected chi connectivity index (χ3v) is 3.25. The van der Waals surface area contributed by atoms with Crippen molar-refractivity contribution < 1.29 is 5.11 Å². The first-order valence-electron chi connectivity index (χ1n) is 4.49. The second kappa shape index (κ2) is 3.56. The molecule has 1 atom stereocenters. The highest BCUT2D eigenvalue weighted by Gasteiger charge is 2.11. The van der Waals surface area contributed by atoms with Gasteiger partial charge in [-0.15, -0.1) is 11.3 Å². The molecule has 2 heteroatoms. The van der Waals surface area contributed by atoms with E-state index in [1.165, 1.54) is 5.39 Å². The summed E-state index contributed by atoms with van der Waals surface area (Å²) in [6, 6.07) is 8.05. The number of hydrogen-bond donors (Lipinski definition) is 1. The van der Waals surface area contributed by atoms with Crippen molar-refractivity contribution in [1.82, 2.24) is 0 Å². The monoisotopic (exact) mass is 204 g/mol. The minimum absolute atomic E-state index is 0.544. The molecular formula is C12H12OS. The van der Waals surface area contributed by atoms with Crippen molar-refractivity contribution in [2.75, 3.05) is 0 Å². The molecule has 1 aromatic heterocycles. The molecule has 0 aliphatic carbocycles. The zero-order valence-corrected chi connectivity index (χ0v) is 8.84. The molecule has 0 saturated heterocycles. The molecule has 14 heavy (non-hydrogen) atoms. The maximum atomic E-state index is 9.92. The molecule has 0 radical (unpaired) electrons. The molecule has 0 fully saturated rings. The Labute approximate surface area is 87.3 Å². The molecule has 2 aromatic rings. The van der Waals surface area contributed by atoms with Crippen molar-refractivity contribution >= 4 is 21.4 Å². The number of fused-ring (bicyclic) bond motifs is 1. The minimum atomic E-state index is -0.544. The fourth-order valence-electron chi connectivity index (χ4n) is 1.50. The molecule has 0 aliphatic heterocycles. The zero-order valence-electron chi connectivity index (χ0n) is 8.03. The lowest BCUT2D eigenvalue weighted by Crippen LogP contribution is -1.97. The van der Waals surface area contributed by atoms with Crippen LogP contribution in [0.1, 0.15) is 18.6 Å². The number of hydrogen-bond acceptors (Lipinski definition) is 2. The topological polar surface area (TPSA) is 20.2 Å². The highest BCUT2D eigenvalue weighted by molar-refractivity contribution is 7.17. The fraction of sp³-hybridized carbons (Fsp3) is 0.167. The van der Waals surface area contributed by atoms with Crippen LogP contribution in [-0.4, -0.2) is 5.11 Å². The number of benzene rings is 1. The predicted octanol–water partition coefficient (Wildman–Crippen LogP) is 3.51. The van der Waals surface area contributed by atoms with Crippen molar-refractivity contribution in [3.05, 3.63) is 47.4 Å². The Morgan fingerprint density at radius 3 is 2.93 bits per heavy atom. The van der Waals surface area contributed by atoms with Crippen LogP contribution >= 0.6 is 11.3 Å². The Balaban J connectivity index is 2.61. The highest BCUT2D eigenvalue weighted by atomic mass is 32.1. The molecule has 0 amide bonds. The first kappa shape index (κ1) is 9.44. The second-order valence-electron chi connectivity index (χ2n) is 3.44. The average molecular weight is 204 g/mol. The fourth-order valence-corrected chi connectivity index (χ4v) is 2.44. The summed E-state index contributed by atoms with van der Waals surface area (Å²) in [5, 5.41) is 13.2. The highest BCUT2D eigenvalue weighted by Crippen LogP contribution is 2.31. The Morgan fingerprint density at radius 2 is 2.21 bits per heavy atom. The van der Waals surface area contributed by atoms with Crippen LogP contribution in [0.5, 0.6) is 0 Å². The van der Waals surface area contributed by atoms with Gasteiger partial charge in [-0.05, 0) is 29.3 Å². The number of thiophene rings is 1. The van der Waals surface area contributed by atoms with Gasteiger partial charge >= 0.3 is 0 Å². The van der Waals surface area contributed by atoms with Gasteiger partial charge in [-0.2, -0.15) is 0 Å². The summed E-state index contributed by atoms with van der Waals surface area (Å²) in [7, 11) is 0. The summed E-state index contributed by atoms with van der Waals surface area (Å²) in [5.41, 5.74) is 1.75. The second-order valence-corrected chi connectivity index (χ2v) is 4.35. The minimum Gasteiger partial charge on any atom is -0.384 e. The van der Waals surface area contributed by atoms with Crippen molar-refractivity contribution in [2.24, 2.45) is 0 Å². The van der Waals surface area contributed by atoms with Crippen LogP contribution in [0.25, 0.3) is 10.1 Å². The molecule has 1 aromatic carbocycles. The number of aliphatic hydroxyl groups is 1. The molecular weight excluding hydrogens is 192 g/mol. The van der Waals surface area contributed by atoms with Gasteiger partial charge in [-0.1, -0.05) is 24.8 Å². The standard InChI is InChI=1S/C12H12OS/c1-8(2)11(13)10-5-3-4-9-6-7-14-12(9)10/h3-7,11,13H,1H2,2H3. The quantitative estimate of drug-likeness (QED) is 0.742. The van der Waals surface area contributed by atoms with Gasteiger partial charge in [-0.25, -0.2) is 0 Å². The van der Waals surface area contributed by atoms with E-state index in [-0.39, 0.29) is 0 Å². The Bertz CT molecular complexity index is 470. The Kier molecular flexibility index (Phi) is 2.40. The summed E-state index contributed by atoms with van der Waals surface area (Å²) >= 11 is 1.66. The van der Waals surface area contributed by atoms with E-state index in [0.29, 0.717) is 0 Å². The Hall–Kier alpha value is -1.12. The molecule has 72 valence electrons. The molecule has 2 rings (SSSR count). The van der Waals surface area contributed by atoms with Crippen LogP contribution in [0, 0.1) is 0 Å². The first-order chi connectivity index (χ1) is 6.70. The molecule has 1 heterocycles. The lowest BCUT2D eigenvalue weighted by molar-refractivity contribution is 0.218. The van der Waals surface area contributed by atoms with Gasteiger partial charge in [-0.3, -0.25) is 0 Å². The molecule has 0 aliphatic rings. The van der Waals surface area contributed by atoms with Gasteiger partial charge < -0.3 is 5.11 Å². The smallest absolute Gasteiger partial charge is 0.101 e. The van der Waals surface area contributed by atoms with E-state index in [4.69, 9.17) is 0 Å². The lowest BCUT2D eigenvalue weighted by Gasteiger charge is -2.11. The molecule has 1 N–H and O–H groups in total. The maximum Gasteiger partial charge on any atom is 0.101 e. The van der Waals surface area contributed by atoms with Gasteiger partial charge in [0.25, 0.3) is 0 Å². The molecule has 1 nitrogen and oxygen atoms in total. The van der Waals surface area contributed by atoms with E-state index in [1.54, 1.807) is 11.3 Å². The van der Waals surface area contributed by atoms with Crippen molar-refractivity contribution in [1.29, 1.82) is 0 Å². The number of rotatable bonds is 2. The Morgan fingerprint density at radius 1 is 1.43 bits per heavy atom. The van der Waals surface area contributed by atoms with Crippen molar-refractivity contribution in [2.45, 2.75) is 13.0 Å².